The predicted molar refractivity (Wildman–Crippen MR) is 92.2 cm³/mol. The molecule has 0 atom stereocenters. The molecule has 0 N–H and O–H groups in total. The normalized spacial score (nSPS) is 15.0. The molecule has 150 valence electrons. The van der Waals surface area contributed by atoms with E-state index in [1.165, 1.54) is 0 Å². The topological polar surface area (TPSA) is 92.7 Å². The molecule has 11 heteroatoms. The van der Waals surface area contributed by atoms with Gasteiger partial charge in [0.25, 0.3) is 11.6 Å². The molecule has 1 aliphatic heterocycles. The highest BCUT2D eigenvalue weighted by molar-refractivity contribution is 5.96. The molecule has 1 fully saturated rings. The van der Waals surface area contributed by atoms with Crippen LogP contribution in [0.1, 0.15) is 27.4 Å². The molecular weight excluding hydrogens is 381 g/mol. The number of hydrogen-bond acceptors (Lipinski definition) is 6. The molecule has 2 aromatic rings. The van der Waals surface area contributed by atoms with Crippen molar-refractivity contribution in [2.24, 2.45) is 0 Å². The first kappa shape index (κ1) is 19.6. The molecule has 0 radical (unpaired) electrons. The van der Waals surface area contributed by atoms with Crippen molar-refractivity contribution >= 4 is 17.3 Å². The number of nitro benzene ring substituents is 1. The molecule has 1 aromatic carbocycles. The third kappa shape index (κ3) is 3.64. The Morgan fingerprint density at radius 1 is 1.21 bits per heavy atom. The van der Waals surface area contributed by atoms with Crippen molar-refractivity contribution < 1.29 is 27.4 Å². The number of anilines is 1. The summed E-state index contributed by atoms with van der Waals surface area (Å²) in [6, 6.07) is 2.47. The largest absolute Gasteiger partial charge is 0.416 e. The van der Waals surface area contributed by atoms with Gasteiger partial charge < -0.3 is 14.3 Å². The number of nitrogens with zero attached hydrogens (tertiary/aromatic N) is 4. The van der Waals surface area contributed by atoms with Crippen molar-refractivity contribution in [3.63, 3.8) is 0 Å². The van der Waals surface area contributed by atoms with Gasteiger partial charge in [-0.15, -0.1) is 0 Å². The van der Waals surface area contributed by atoms with E-state index in [4.69, 9.17) is 4.52 Å². The summed E-state index contributed by atoms with van der Waals surface area (Å²) in [5, 5.41) is 15.0. The Kier molecular flexibility index (Phi) is 5.01. The van der Waals surface area contributed by atoms with Crippen LogP contribution in [0.3, 0.4) is 0 Å². The van der Waals surface area contributed by atoms with Gasteiger partial charge in [0.05, 0.1) is 16.2 Å². The minimum atomic E-state index is -4.66. The first-order valence-electron chi connectivity index (χ1n) is 8.42. The summed E-state index contributed by atoms with van der Waals surface area (Å²) in [6.07, 6.45) is -4.66. The average molecular weight is 398 g/mol. The maximum atomic E-state index is 12.9. The average Bonchev–Trinajstić information content (AvgIpc) is 2.98. The summed E-state index contributed by atoms with van der Waals surface area (Å²) < 4.78 is 43.6. The number of benzene rings is 1. The SMILES string of the molecule is Cc1noc(C)c1C(=O)N1CCN(c2ccc(C(F)(F)F)cc2[N+](=O)[O-])CC1. The van der Waals surface area contributed by atoms with Crippen LogP contribution in [-0.2, 0) is 6.18 Å². The molecule has 0 bridgehead atoms. The van der Waals surface area contributed by atoms with Crippen LogP contribution in [0.5, 0.6) is 0 Å². The van der Waals surface area contributed by atoms with Gasteiger partial charge in [0.2, 0.25) is 0 Å². The maximum Gasteiger partial charge on any atom is 0.416 e. The van der Waals surface area contributed by atoms with E-state index in [9.17, 15) is 28.1 Å². The molecule has 1 aromatic heterocycles. The highest BCUT2D eigenvalue weighted by Crippen LogP contribution is 2.36. The number of amides is 1. The molecule has 0 aliphatic carbocycles. The Labute approximate surface area is 157 Å². The first-order valence-corrected chi connectivity index (χ1v) is 8.42. The number of carbonyl (C=O) groups excluding carboxylic acids is 1. The lowest BCUT2D eigenvalue weighted by Gasteiger charge is -2.35. The minimum absolute atomic E-state index is 0.0995. The van der Waals surface area contributed by atoms with Crippen molar-refractivity contribution in [1.82, 2.24) is 10.1 Å². The fraction of sp³-hybridized carbons (Fsp3) is 0.412. The van der Waals surface area contributed by atoms with Gasteiger partial charge in [-0.05, 0) is 26.0 Å². The van der Waals surface area contributed by atoms with Crippen LogP contribution in [0, 0.1) is 24.0 Å². The third-order valence-electron chi connectivity index (χ3n) is 4.65. The Morgan fingerprint density at radius 2 is 1.86 bits per heavy atom. The van der Waals surface area contributed by atoms with Gasteiger partial charge in [-0.3, -0.25) is 14.9 Å². The van der Waals surface area contributed by atoms with Crippen LogP contribution in [0.4, 0.5) is 24.5 Å². The second-order valence-electron chi connectivity index (χ2n) is 6.44. The zero-order chi connectivity index (χ0) is 20.6. The van der Waals surface area contributed by atoms with Crippen molar-refractivity contribution in [3.8, 4) is 0 Å². The van der Waals surface area contributed by atoms with E-state index in [1.54, 1.807) is 23.6 Å². The molecule has 1 amide bonds. The first-order chi connectivity index (χ1) is 13.1. The van der Waals surface area contributed by atoms with Crippen LogP contribution < -0.4 is 4.90 Å². The molecule has 3 rings (SSSR count). The lowest BCUT2D eigenvalue weighted by atomic mass is 10.1. The zero-order valence-electron chi connectivity index (χ0n) is 15.1. The van der Waals surface area contributed by atoms with Gasteiger partial charge in [-0.25, -0.2) is 0 Å². The number of halogens is 3. The van der Waals surface area contributed by atoms with E-state index < -0.39 is 22.4 Å². The highest BCUT2D eigenvalue weighted by atomic mass is 19.4. The van der Waals surface area contributed by atoms with Gasteiger partial charge in [0, 0.05) is 32.2 Å². The number of carbonyl (C=O) groups is 1. The lowest BCUT2D eigenvalue weighted by Crippen LogP contribution is -2.49. The minimum Gasteiger partial charge on any atom is -0.362 e. The summed E-state index contributed by atoms with van der Waals surface area (Å²) in [6.45, 7) is 4.32. The Balaban J connectivity index is 1.78. The van der Waals surface area contributed by atoms with Gasteiger partial charge in [0.15, 0.2) is 0 Å². The van der Waals surface area contributed by atoms with E-state index in [1.807, 2.05) is 0 Å². The van der Waals surface area contributed by atoms with E-state index in [0.29, 0.717) is 23.1 Å². The van der Waals surface area contributed by atoms with E-state index in [-0.39, 0.29) is 37.8 Å². The van der Waals surface area contributed by atoms with E-state index >= 15 is 0 Å². The van der Waals surface area contributed by atoms with Crippen molar-refractivity contribution in [3.05, 3.63) is 50.9 Å². The van der Waals surface area contributed by atoms with Crippen molar-refractivity contribution in [1.29, 1.82) is 0 Å². The van der Waals surface area contributed by atoms with Crippen molar-refractivity contribution in [2.75, 3.05) is 31.1 Å². The van der Waals surface area contributed by atoms with Gasteiger partial charge >= 0.3 is 6.18 Å². The van der Waals surface area contributed by atoms with E-state index in [0.717, 1.165) is 12.1 Å². The highest BCUT2D eigenvalue weighted by Gasteiger charge is 2.35. The second kappa shape index (κ2) is 7.13. The lowest BCUT2D eigenvalue weighted by molar-refractivity contribution is -0.384. The van der Waals surface area contributed by atoms with Crippen LogP contribution in [0.25, 0.3) is 0 Å². The number of alkyl halides is 3. The van der Waals surface area contributed by atoms with Crippen LogP contribution in [0.2, 0.25) is 0 Å². The second-order valence-corrected chi connectivity index (χ2v) is 6.44. The summed E-state index contributed by atoms with van der Waals surface area (Å²) in [5.41, 5.74) is -0.727. The number of nitro groups is 1. The fourth-order valence-electron chi connectivity index (χ4n) is 3.21. The standard InChI is InChI=1S/C17H17F3N4O4/c1-10-15(11(2)28-21-10)16(25)23-7-5-22(6-8-23)13-4-3-12(17(18,19)20)9-14(13)24(26)27/h3-4,9H,5-8H2,1-2H3. The molecule has 0 spiro atoms. The van der Waals surface area contributed by atoms with Crippen LogP contribution in [-0.4, -0.2) is 47.1 Å². The molecule has 2 heterocycles. The van der Waals surface area contributed by atoms with E-state index in [2.05, 4.69) is 5.16 Å². The molecule has 0 saturated carbocycles. The number of hydrogen-bond donors (Lipinski definition) is 0. The Hall–Kier alpha value is -3.11. The molecule has 8 nitrogen and oxygen atoms in total. The van der Waals surface area contributed by atoms with Crippen LogP contribution >= 0.6 is 0 Å². The summed E-state index contributed by atoms with van der Waals surface area (Å²) in [7, 11) is 0. The molecular formula is C17H17F3N4O4. The monoisotopic (exact) mass is 398 g/mol. The van der Waals surface area contributed by atoms with Crippen LogP contribution in [0.15, 0.2) is 22.7 Å². The number of aromatic nitrogens is 1. The number of aryl methyl sites for hydroxylation is 2. The molecule has 1 aliphatic rings. The molecule has 0 unspecified atom stereocenters. The number of piperazine rings is 1. The summed E-state index contributed by atoms with van der Waals surface area (Å²) in [4.78, 5) is 26.3. The van der Waals surface area contributed by atoms with Gasteiger partial charge in [-0.1, -0.05) is 5.16 Å². The third-order valence-corrected chi connectivity index (χ3v) is 4.65. The Bertz CT molecular complexity index is 898. The molecule has 1 saturated heterocycles. The smallest absolute Gasteiger partial charge is 0.362 e. The summed E-state index contributed by atoms with van der Waals surface area (Å²) in [5.74, 6) is 0.154. The van der Waals surface area contributed by atoms with Gasteiger partial charge in [0.1, 0.15) is 17.0 Å². The zero-order valence-corrected chi connectivity index (χ0v) is 15.1. The fourth-order valence-corrected chi connectivity index (χ4v) is 3.21. The summed E-state index contributed by atoms with van der Waals surface area (Å²) >= 11 is 0. The van der Waals surface area contributed by atoms with Gasteiger partial charge in [-0.2, -0.15) is 13.2 Å². The Morgan fingerprint density at radius 3 is 2.36 bits per heavy atom. The maximum absolute atomic E-state index is 12.9. The molecule has 28 heavy (non-hydrogen) atoms. The number of rotatable bonds is 3. The van der Waals surface area contributed by atoms with Crippen molar-refractivity contribution in [2.45, 2.75) is 20.0 Å². The quantitative estimate of drug-likeness (QED) is 0.582. The predicted octanol–water partition coefficient (Wildman–Crippen LogP) is 3.18.